The number of ether oxygens (including phenoxy) is 2. The fourth-order valence-corrected chi connectivity index (χ4v) is 1.42. The van der Waals surface area contributed by atoms with Crippen molar-refractivity contribution >= 4 is 17.3 Å². The van der Waals surface area contributed by atoms with E-state index in [-0.39, 0.29) is 6.61 Å². The Morgan fingerprint density at radius 3 is 2.89 bits per heavy atom. The van der Waals surface area contributed by atoms with Crippen LogP contribution in [0.15, 0.2) is 30.9 Å². The number of hydrogen-bond acceptors (Lipinski definition) is 5. The summed E-state index contributed by atoms with van der Waals surface area (Å²) in [4.78, 5) is 10.7. The summed E-state index contributed by atoms with van der Waals surface area (Å²) in [5.74, 6) is -0.431. The maximum Gasteiger partial charge on any atom is 0.330 e. The van der Waals surface area contributed by atoms with Gasteiger partial charge in [0, 0.05) is 24.0 Å². The van der Waals surface area contributed by atoms with Gasteiger partial charge in [0.05, 0.1) is 13.2 Å². The van der Waals surface area contributed by atoms with E-state index in [9.17, 15) is 4.79 Å². The summed E-state index contributed by atoms with van der Waals surface area (Å²) in [6.45, 7) is 7.10. The molecule has 1 rings (SSSR count). The van der Waals surface area contributed by atoms with E-state index >= 15 is 0 Å². The first-order chi connectivity index (χ1) is 9.13. The van der Waals surface area contributed by atoms with Crippen LogP contribution in [0, 0.1) is 6.92 Å². The minimum Gasteiger partial charge on any atom is -0.460 e. The fraction of sp³-hybridized carbons (Fsp3) is 0.357. The highest BCUT2D eigenvalue weighted by atomic mass is 16.6. The highest BCUT2D eigenvalue weighted by Gasteiger charge is 1.97. The minimum absolute atomic E-state index is 0.242. The molecule has 0 heterocycles. The van der Waals surface area contributed by atoms with Crippen molar-refractivity contribution in [1.82, 2.24) is 0 Å². The van der Waals surface area contributed by atoms with Crippen LogP contribution in [0.25, 0.3) is 0 Å². The molecule has 0 unspecified atom stereocenters. The lowest BCUT2D eigenvalue weighted by molar-refractivity contribution is -0.139. The zero-order valence-corrected chi connectivity index (χ0v) is 11.1. The number of nitrogens with two attached hydrogens (primary N) is 1. The Morgan fingerprint density at radius 1 is 1.42 bits per heavy atom. The predicted octanol–water partition coefficient (Wildman–Crippen LogP) is 1.73. The van der Waals surface area contributed by atoms with Crippen molar-refractivity contribution in [3.05, 3.63) is 36.4 Å². The number of rotatable bonds is 8. The Labute approximate surface area is 113 Å². The molecule has 0 bridgehead atoms. The van der Waals surface area contributed by atoms with Gasteiger partial charge < -0.3 is 20.5 Å². The molecule has 0 aliphatic heterocycles. The zero-order valence-electron chi connectivity index (χ0n) is 11.1. The molecule has 0 saturated carbocycles. The molecule has 5 nitrogen and oxygen atoms in total. The number of nitrogens with one attached hydrogen (secondary N) is 1. The first-order valence-electron chi connectivity index (χ1n) is 6.10. The number of nitrogen functional groups attached to an aromatic ring is 1. The summed E-state index contributed by atoms with van der Waals surface area (Å²) >= 11 is 0. The van der Waals surface area contributed by atoms with Gasteiger partial charge in [0.1, 0.15) is 6.61 Å². The number of carbonyl (C=O) groups excluding carboxylic acids is 1. The van der Waals surface area contributed by atoms with Crippen molar-refractivity contribution < 1.29 is 14.3 Å². The predicted molar refractivity (Wildman–Crippen MR) is 76.1 cm³/mol. The molecule has 1 aromatic rings. The van der Waals surface area contributed by atoms with E-state index in [2.05, 4.69) is 11.9 Å². The largest absolute Gasteiger partial charge is 0.460 e. The number of aryl methyl sites for hydroxylation is 1. The molecule has 3 N–H and O–H groups in total. The van der Waals surface area contributed by atoms with Gasteiger partial charge in [-0.25, -0.2) is 4.79 Å². The zero-order chi connectivity index (χ0) is 14.1. The monoisotopic (exact) mass is 264 g/mol. The summed E-state index contributed by atoms with van der Waals surface area (Å²) in [6.07, 6.45) is 1.13. The van der Waals surface area contributed by atoms with Crippen LogP contribution in [0.1, 0.15) is 5.56 Å². The van der Waals surface area contributed by atoms with Crippen LogP contribution in [0.3, 0.4) is 0 Å². The van der Waals surface area contributed by atoms with Gasteiger partial charge in [0.2, 0.25) is 0 Å². The summed E-state index contributed by atoms with van der Waals surface area (Å²) in [5, 5.41) is 3.22. The number of benzene rings is 1. The first kappa shape index (κ1) is 15.0. The van der Waals surface area contributed by atoms with Crippen LogP contribution in [0.5, 0.6) is 0 Å². The Bertz CT molecular complexity index is 433. The quantitative estimate of drug-likeness (QED) is 0.324. The second-order valence-corrected chi connectivity index (χ2v) is 3.98. The lowest BCUT2D eigenvalue weighted by Crippen LogP contribution is -2.13. The van der Waals surface area contributed by atoms with Crippen molar-refractivity contribution in [3.8, 4) is 0 Å². The Hall–Kier alpha value is -2.01. The average molecular weight is 264 g/mol. The van der Waals surface area contributed by atoms with Crippen molar-refractivity contribution in [3.63, 3.8) is 0 Å². The molecule has 104 valence electrons. The van der Waals surface area contributed by atoms with E-state index < -0.39 is 5.97 Å². The number of carbonyl (C=O) groups is 1. The summed E-state index contributed by atoms with van der Waals surface area (Å²) in [6, 6.07) is 5.78. The molecule has 19 heavy (non-hydrogen) atoms. The maximum atomic E-state index is 10.7. The van der Waals surface area contributed by atoms with E-state index in [4.69, 9.17) is 15.2 Å². The molecule has 0 aliphatic rings. The number of hydrogen-bond donors (Lipinski definition) is 2. The van der Waals surface area contributed by atoms with Crippen LogP contribution >= 0.6 is 0 Å². The third kappa shape index (κ3) is 5.92. The van der Waals surface area contributed by atoms with Crippen LogP contribution in [-0.4, -0.2) is 32.3 Å². The molecular weight excluding hydrogens is 244 g/mol. The van der Waals surface area contributed by atoms with Crippen LogP contribution in [-0.2, 0) is 14.3 Å². The van der Waals surface area contributed by atoms with Gasteiger partial charge in [-0.1, -0.05) is 6.58 Å². The highest BCUT2D eigenvalue weighted by molar-refractivity contribution is 5.81. The van der Waals surface area contributed by atoms with Crippen molar-refractivity contribution in [1.29, 1.82) is 0 Å². The van der Waals surface area contributed by atoms with Gasteiger partial charge in [-0.05, 0) is 30.7 Å². The topological polar surface area (TPSA) is 73.6 Å². The molecule has 0 radical (unpaired) electrons. The van der Waals surface area contributed by atoms with E-state index in [1.807, 2.05) is 25.1 Å². The van der Waals surface area contributed by atoms with E-state index in [0.717, 1.165) is 23.0 Å². The molecule has 0 amide bonds. The molecular formula is C14H20N2O3. The summed E-state index contributed by atoms with van der Waals surface area (Å²) in [5.41, 5.74) is 8.57. The second kappa shape index (κ2) is 8.16. The first-order valence-corrected chi connectivity index (χ1v) is 6.10. The van der Waals surface area contributed by atoms with Gasteiger partial charge >= 0.3 is 5.97 Å². The molecule has 0 aromatic heterocycles. The SMILES string of the molecule is C=CC(=O)OCCOCCNc1ccc(N)c(C)c1. The standard InChI is InChI=1S/C14H20N2O3/c1-3-14(17)19-9-8-18-7-6-16-12-4-5-13(15)11(2)10-12/h3-5,10,16H,1,6-9,15H2,2H3. The Balaban J connectivity index is 2.09. The number of anilines is 2. The summed E-state index contributed by atoms with van der Waals surface area (Å²) < 4.78 is 10.1. The Kier molecular flexibility index (Phi) is 6.46. The van der Waals surface area contributed by atoms with Crippen molar-refractivity contribution in [2.75, 3.05) is 37.4 Å². The molecule has 0 spiro atoms. The maximum absolute atomic E-state index is 10.7. The molecule has 0 saturated heterocycles. The van der Waals surface area contributed by atoms with Gasteiger partial charge in [0.15, 0.2) is 0 Å². The van der Waals surface area contributed by atoms with Crippen LogP contribution < -0.4 is 11.1 Å². The fourth-order valence-electron chi connectivity index (χ4n) is 1.42. The molecule has 5 heteroatoms. The van der Waals surface area contributed by atoms with Crippen molar-refractivity contribution in [2.24, 2.45) is 0 Å². The van der Waals surface area contributed by atoms with Gasteiger partial charge in [-0.15, -0.1) is 0 Å². The molecule has 0 fully saturated rings. The normalized spacial score (nSPS) is 9.95. The van der Waals surface area contributed by atoms with E-state index in [0.29, 0.717) is 19.8 Å². The van der Waals surface area contributed by atoms with Gasteiger partial charge in [-0.2, -0.15) is 0 Å². The Morgan fingerprint density at radius 2 is 2.21 bits per heavy atom. The third-order valence-electron chi connectivity index (χ3n) is 2.48. The molecule has 1 aromatic carbocycles. The summed E-state index contributed by atoms with van der Waals surface area (Å²) in [7, 11) is 0. The van der Waals surface area contributed by atoms with Crippen LogP contribution in [0.2, 0.25) is 0 Å². The lowest BCUT2D eigenvalue weighted by atomic mass is 10.2. The highest BCUT2D eigenvalue weighted by Crippen LogP contribution is 2.15. The molecule has 0 atom stereocenters. The smallest absolute Gasteiger partial charge is 0.330 e. The van der Waals surface area contributed by atoms with Gasteiger partial charge in [0.25, 0.3) is 0 Å². The number of esters is 1. The second-order valence-electron chi connectivity index (χ2n) is 3.98. The van der Waals surface area contributed by atoms with E-state index in [1.165, 1.54) is 0 Å². The van der Waals surface area contributed by atoms with Crippen LogP contribution in [0.4, 0.5) is 11.4 Å². The lowest BCUT2D eigenvalue weighted by Gasteiger charge is -2.09. The van der Waals surface area contributed by atoms with E-state index in [1.54, 1.807) is 0 Å². The third-order valence-corrected chi connectivity index (χ3v) is 2.48. The van der Waals surface area contributed by atoms with Crippen molar-refractivity contribution in [2.45, 2.75) is 6.92 Å². The van der Waals surface area contributed by atoms with Gasteiger partial charge in [-0.3, -0.25) is 0 Å². The minimum atomic E-state index is -0.431. The average Bonchev–Trinajstić information content (AvgIpc) is 2.41. The molecule has 0 aliphatic carbocycles.